The molecule has 0 spiro atoms. The van der Waals surface area contributed by atoms with E-state index in [0.717, 1.165) is 6.20 Å². The number of alkyl halides is 2. The molecule has 0 saturated carbocycles. The largest absolute Gasteiger partial charge is 0.444 e. The molecular weight excluding hydrogens is 432 g/mol. The SMILES string of the molecule is C[C@@H]1/C=C/C[C@H](NC(=O)OC(C)(C)C)c2ccc(C#N)c(c2)-c2c(cnn2C(F)F)NC1=O. The second-order valence-corrected chi connectivity index (χ2v) is 8.69. The number of hydrogen-bond acceptors (Lipinski definition) is 5. The maximum Gasteiger partial charge on any atom is 0.408 e. The minimum Gasteiger partial charge on any atom is -0.444 e. The third-order valence-corrected chi connectivity index (χ3v) is 4.96. The molecule has 1 aliphatic heterocycles. The number of hydrogen-bond donors (Lipinski definition) is 2. The molecule has 0 aliphatic carbocycles. The maximum atomic E-state index is 13.7. The molecule has 8 nitrogen and oxygen atoms in total. The van der Waals surface area contributed by atoms with Gasteiger partial charge >= 0.3 is 12.6 Å². The highest BCUT2D eigenvalue weighted by Crippen LogP contribution is 2.36. The van der Waals surface area contributed by atoms with Crippen molar-refractivity contribution >= 4 is 17.7 Å². The van der Waals surface area contributed by atoms with Crippen LogP contribution in [0.3, 0.4) is 0 Å². The van der Waals surface area contributed by atoms with E-state index in [9.17, 15) is 23.6 Å². The molecule has 1 aromatic heterocycles. The minimum atomic E-state index is -3.00. The number of amides is 2. The average Bonchev–Trinajstić information content (AvgIpc) is 3.14. The summed E-state index contributed by atoms with van der Waals surface area (Å²) in [7, 11) is 0. The molecule has 2 aromatic rings. The summed E-state index contributed by atoms with van der Waals surface area (Å²) in [4.78, 5) is 25.1. The van der Waals surface area contributed by atoms with Gasteiger partial charge in [-0.3, -0.25) is 4.79 Å². The van der Waals surface area contributed by atoms with Gasteiger partial charge in [-0.25, -0.2) is 9.48 Å². The molecule has 2 amide bonds. The van der Waals surface area contributed by atoms with Gasteiger partial charge in [0.2, 0.25) is 5.91 Å². The van der Waals surface area contributed by atoms with Crippen molar-refractivity contribution in [3.05, 3.63) is 47.7 Å². The van der Waals surface area contributed by atoms with E-state index in [1.54, 1.807) is 52.0 Å². The predicted octanol–water partition coefficient (Wildman–Crippen LogP) is 4.92. The van der Waals surface area contributed by atoms with Crippen LogP contribution in [0.5, 0.6) is 0 Å². The van der Waals surface area contributed by atoms with Crippen LogP contribution in [0.25, 0.3) is 11.3 Å². The van der Waals surface area contributed by atoms with E-state index in [-0.39, 0.29) is 22.5 Å². The van der Waals surface area contributed by atoms with Gasteiger partial charge in [-0.2, -0.15) is 19.1 Å². The lowest BCUT2D eigenvalue weighted by molar-refractivity contribution is -0.118. The summed E-state index contributed by atoms with van der Waals surface area (Å²) >= 11 is 0. The Morgan fingerprint density at radius 2 is 2.12 bits per heavy atom. The van der Waals surface area contributed by atoms with Crippen LogP contribution in [0.1, 0.15) is 57.8 Å². The second-order valence-electron chi connectivity index (χ2n) is 8.69. The van der Waals surface area contributed by atoms with Crippen LogP contribution in [0, 0.1) is 17.2 Å². The number of fused-ring (bicyclic) bond motifs is 4. The highest BCUT2D eigenvalue weighted by Gasteiger charge is 2.26. The van der Waals surface area contributed by atoms with Crippen molar-refractivity contribution in [2.45, 2.75) is 52.3 Å². The zero-order valence-electron chi connectivity index (χ0n) is 18.7. The number of nitriles is 1. The van der Waals surface area contributed by atoms with E-state index >= 15 is 0 Å². The molecule has 10 heteroatoms. The van der Waals surface area contributed by atoms with Crippen LogP contribution in [0.15, 0.2) is 36.5 Å². The Labute approximate surface area is 190 Å². The normalized spacial score (nSPS) is 19.4. The van der Waals surface area contributed by atoms with Gasteiger partial charge in [-0.15, -0.1) is 0 Å². The number of benzene rings is 1. The van der Waals surface area contributed by atoms with Gasteiger partial charge in [0.15, 0.2) is 0 Å². The zero-order chi connectivity index (χ0) is 24.3. The van der Waals surface area contributed by atoms with E-state index in [1.165, 1.54) is 6.07 Å². The summed E-state index contributed by atoms with van der Waals surface area (Å²) in [6, 6.07) is 6.09. The van der Waals surface area contributed by atoms with Gasteiger partial charge in [0.1, 0.15) is 5.60 Å². The molecule has 2 bridgehead atoms. The zero-order valence-corrected chi connectivity index (χ0v) is 18.7. The van der Waals surface area contributed by atoms with Crippen LogP contribution in [0.2, 0.25) is 0 Å². The minimum absolute atomic E-state index is 0.0615. The fourth-order valence-electron chi connectivity index (χ4n) is 3.42. The number of rotatable bonds is 2. The number of ether oxygens (including phenoxy) is 1. The van der Waals surface area contributed by atoms with Crippen molar-refractivity contribution in [2.75, 3.05) is 5.32 Å². The van der Waals surface area contributed by atoms with Gasteiger partial charge in [0.05, 0.1) is 41.2 Å². The summed E-state index contributed by atoms with van der Waals surface area (Å²) in [6.07, 6.45) is 4.22. The van der Waals surface area contributed by atoms with Crippen LogP contribution in [0.4, 0.5) is 19.3 Å². The fourth-order valence-corrected chi connectivity index (χ4v) is 3.42. The second kappa shape index (κ2) is 9.40. The molecule has 2 heterocycles. The van der Waals surface area contributed by atoms with Gasteiger partial charge in [0, 0.05) is 5.56 Å². The predicted molar refractivity (Wildman–Crippen MR) is 117 cm³/mol. The molecule has 0 unspecified atom stereocenters. The number of nitrogens with zero attached hydrogens (tertiary/aromatic N) is 3. The van der Waals surface area contributed by atoms with Gasteiger partial charge < -0.3 is 15.4 Å². The van der Waals surface area contributed by atoms with Gasteiger partial charge in [-0.05, 0) is 44.9 Å². The number of aromatic nitrogens is 2. The average molecular weight is 457 g/mol. The Kier molecular flexibility index (Phi) is 6.81. The highest BCUT2D eigenvalue weighted by molar-refractivity contribution is 5.97. The van der Waals surface area contributed by atoms with E-state index < -0.39 is 36.1 Å². The Balaban J connectivity index is 2.17. The molecule has 3 rings (SSSR count). The molecule has 2 N–H and O–H groups in total. The molecule has 1 aromatic carbocycles. The molecule has 0 saturated heterocycles. The summed E-state index contributed by atoms with van der Waals surface area (Å²) in [5.41, 5.74) is 0.111. The number of carbonyl (C=O) groups excluding carboxylic acids is 2. The molecule has 0 radical (unpaired) electrons. The summed E-state index contributed by atoms with van der Waals surface area (Å²) in [5, 5.41) is 18.8. The quantitative estimate of drug-likeness (QED) is 0.623. The van der Waals surface area contributed by atoms with Crippen LogP contribution >= 0.6 is 0 Å². The van der Waals surface area contributed by atoms with E-state index in [2.05, 4.69) is 15.7 Å². The number of carbonyl (C=O) groups is 2. The number of alkyl carbamates (subject to hydrolysis) is 1. The standard InChI is InChI=1S/C23H25F2N5O3/c1-13-6-5-7-17(29-22(32)33-23(2,3)4)14-8-9-15(11-26)16(10-14)19-18(28-20(13)31)12-27-30(19)21(24)25/h5-6,8-10,12-13,17,21H,7H2,1-4H3,(H,28,31)(H,29,32)/b6-5+/t13-,17+/m1/s1. The molecule has 174 valence electrons. The first-order chi connectivity index (χ1) is 15.5. The number of halogens is 2. The van der Waals surface area contributed by atoms with E-state index in [4.69, 9.17) is 4.74 Å². The molecule has 1 aliphatic rings. The summed E-state index contributed by atoms with van der Waals surface area (Å²) in [6.45, 7) is 3.87. The Morgan fingerprint density at radius 3 is 2.76 bits per heavy atom. The lowest BCUT2D eigenvalue weighted by Gasteiger charge is -2.24. The van der Waals surface area contributed by atoms with Gasteiger partial charge in [0.25, 0.3) is 0 Å². The fraction of sp³-hybridized carbons (Fsp3) is 0.391. The van der Waals surface area contributed by atoms with Crippen molar-refractivity contribution in [1.29, 1.82) is 5.26 Å². The molecular formula is C23H25F2N5O3. The third kappa shape index (κ3) is 5.55. The molecule has 0 fully saturated rings. The summed E-state index contributed by atoms with van der Waals surface area (Å²) in [5.74, 6) is -1.00. The Morgan fingerprint density at radius 1 is 1.39 bits per heavy atom. The number of nitrogens with one attached hydrogen (secondary N) is 2. The lowest BCUT2D eigenvalue weighted by Crippen LogP contribution is -2.35. The van der Waals surface area contributed by atoms with Crippen molar-refractivity contribution in [2.24, 2.45) is 5.92 Å². The lowest BCUT2D eigenvalue weighted by atomic mass is 9.95. The first-order valence-corrected chi connectivity index (χ1v) is 10.4. The van der Waals surface area contributed by atoms with E-state index in [0.29, 0.717) is 16.7 Å². The monoisotopic (exact) mass is 457 g/mol. The molecule has 33 heavy (non-hydrogen) atoms. The topological polar surface area (TPSA) is 109 Å². The summed E-state index contributed by atoms with van der Waals surface area (Å²) < 4.78 is 33.3. The maximum absolute atomic E-state index is 13.7. The smallest absolute Gasteiger partial charge is 0.408 e. The Bertz CT molecular complexity index is 1130. The molecule has 2 atom stereocenters. The van der Waals surface area contributed by atoms with Crippen molar-refractivity contribution in [1.82, 2.24) is 15.1 Å². The van der Waals surface area contributed by atoms with Crippen molar-refractivity contribution in [3.8, 4) is 17.3 Å². The van der Waals surface area contributed by atoms with Crippen molar-refractivity contribution < 1.29 is 23.1 Å². The highest BCUT2D eigenvalue weighted by atomic mass is 19.3. The van der Waals surface area contributed by atoms with E-state index in [1.807, 2.05) is 6.07 Å². The Hall–Kier alpha value is -3.74. The third-order valence-electron chi connectivity index (χ3n) is 4.96. The van der Waals surface area contributed by atoms with Crippen LogP contribution < -0.4 is 10.6 Å². The van der Waals surface area contributed by atoms with Crippen LogP contribution in [-0.2, 0) is 9.53 Å². The van der Waals surface area contributed by atoms with Crippen molar-refractivity contribution in [3.63, 3.8) is 0 Å². The van der Waals surface area contributed by atoms with Gasteiger partial charge in [-0.1, -0.05) is 25.1 Å². The first-order valence-electron chi connectivity index (χ1n) is 10.4. The van der Waals surface area contributed by atoms with Crippen LogP contribution in [-0.4, -0.2) is 27.4 Å². The first kappa shape index (κ1) is 23.9. The number of anilines is 1.